The predicted molar refractivity (Wildman–Crippen MR) is 32.8 cm³/mol. The predicted octanol–water partition coefficient (Wildman–Crippen LogP) is 1.43. The van der Waals surface area contributed by atoms with E-state index < -0.39 is 0 Å². The molecule has 0 fully saturated rings. The van der Waals surface area contributed by atoms with E-state index in [2.05, 4.69) is 6.58 Å². The Hall–Kier alpha value is -0.720. The van der Waals surface area contributed by atoms with Crippen molar-refractivity contribution in [3.05, 3.63) is 24.4 Å². The highest BCUT2D eigenvalue weighted by Gasteiger charge is 1.78. The first-order valence-electron chi connectivity index (χ1n) is 2.38. The first-order chi connectivity index (χ1) is 3.35. The second-order valence-electron chi connectivity index (χ2n) is 1.30. The molecule has 0 radical (unpaired) electrons. The quantitative estimate of drug-likeness (QED) is 0.518. The maximum atomic E-state index is 5.16. The van der Waals surface area contributed by atoms with Gasteiger partial charge in [0.2, 0.25) is 0 Å². The maximum Gasteiger partial charge on any atom is -0.00300 e. The van der Waals surface area contributed by atoms with Crippen LogP contribution in [-0.4, -0.2) is 0 Å². The Kier molecular flexibility index (Phi) is 3.11. The summed E-state index contributed by atoms with van der Waals surface area (Å²) in [6.45, 7) is 5.60. The fraction of sp³-hybridized carbons (Fsp3) is 0.333. The molecule has 0 aromatic heterocycles. The van der Waals surface area contributed by atoms with Crippen LogP contribution < -0.4 is 5.73 Å². The minimum absolute atomic E-state index is 0.972. The Morgan fingerprint density at radius 1 is 1.86 bits per heavy atom. The van der Waals surface area contributed by atoms with Gasteiger partial charge in [-0.3, -0.25) is 0 Å². The van der Waals surface area contributed by atoms with Gasteiger partial charge < -0.3 is 5.73 Å². The van der Waals surface area contributed by atoms with Crippen molar-refractivity contribution in [2.45, 2.75) is 13.3 Å². The third-order valence-corrected chi connectivity index (χ3v) is 0.885. The lowest BCUT2D eigenvalue weighted by molar-refractivity contribution is 1.14. The van der Waals surface area contributed by atoms with Crippen LogP contribution >= 0.6 is 0 Å². The number of rotatable bonds is 2. The van der Waals surface area contributed by atoms with E-state index >= 15 is 0 Å². The molecule has 0 aliphatic carbocycles. The minimum atomic E-state index is 0.972. The minimum Gasteiger partial charge on any atom is -0.404 e. The lowest BCUT2D eigenvalue weighted by Gasteiger charge is -1.88. The van der Waals surface area contributed by atoms with Crippen LogP contribution in [0.4, 0.5) is 0 Å². The zero-order valence-electron chi connectivity index (χ0n) is 4.65. The van der Waals surface area contributed by atoms with Gasteiger partial charge in [-0.15, -0.1) is 0 Å². The summed E-state index contributed by atoms with van der Waals surface area (Å²) in [4.78, 5) is 0. The second kappa shape index (κ2) is 3.47. The van der Waals surface area contributed by atoms with E-state index in [0.29, 0.717) is 0 Å². The highest BCUT2D eigenvalue weighted by atomic mass is 14.5. The molecule has 1 heteroatoms. The van der Waals surface area contributed by atoms with E-state index in [9.17, 15) is 0 Å². The Morgan fingerprint density at radius 3 is 2.43 bits per heavy atom. The largest absolute Gasteiger partial charge is 0.404 e. The zero-order valence-corrected chi connectivity index (χ0v) is 4.65. The Balaban J connectivity index is 3.60. The van der Waals surface area contributed by atoms with Crippen molar-refractivity contribution >= 4 is 0 Å². The second-order valence-corrected chi connectivity index (χ2v) is 1.30. The summed E-state index contributed by atoms with van der Waals surface area (Å²) < 4.78 is 0. The van der Waals surface area contributed by atoms with E-state index in [0.717, 1.165) is 12.0 Å². The van der Waals surface area contributed by atoms with E-state index in [1.54, 1.807) is 12.3 Å². The van der Waals surface area contributed by atoms with Crippen molar-refractivity contribution in [3.63, 3.8) is 0 Å². The Labute approximate surface area is 44.5 Å². The average Bonchev–Trinajstić information content (AvgIpc) is 1.72. The standard InChI is InChI=1S/C6H11N/c1-3-6(4-2)5-7/h3,5H,1,4,7H2,2H3/b6-5+. The molecule has 0 atom stereocenters. The molecular weight excluding hydrogens is 86.1 g/mol. The summed E-state index contributed by atoms with van der Waals surface area (Å²) >= 11 is 0. The van der Waals surface area contributed by atoms with E-state index in [1.165, 1.54) is 0 Å². The molecule has 7 heavy (non-hydrogen) atoms. The lowest BCUT2D eigenvalue weighted by atomic mass is 10.2. The number of hydrogen-bond acceptors (Lipinski definition) is 1. The summed E-state index contributed by atoms with van der Waals surface area (Å²) in [6.07, 6.45) is 4.31. The van der Waals surface area contributed by atoms with Crippen molar-refractivity contribution in [2.24, 2.45) is 5.73 Å². The molecule has 40 valence electrons. The molecule has 0 saturated carbocycles. The van der Waals surface area contributed by atoms with Gasteiger partial charge in [-0.05, 0) is 18.2 Å². The lowest BCUT2D eigenvalue weighted by Crippen LogP contribution is -1.81. The first kappa shape index (κ1) is 6.28. The third-order valence-electron chi connectivity index (χ3n) is 0.885. The average molecular weight is 97.2 g/mol. The third kappa shape index (κ3) is 2.04. The highest BCUT2D eigenvalue weighted by molar-refractivity contribution is 5.13. The van der Waals surface area contributed by atoms with Crippen LogP contribution in [0.15, 0.2) is 24.4 Å². The number of allylic oxidation sites excluding steroid dienone is 2. The molecule has 0 amide bonds. The molecule has 0 aliphatic heterocycles. The normalized spacial score (nSPS) is 11.3. The van der Waals surface area contributed by atoms with Gasteiger partial charge in [-0.1, -0.05) is 19.6 Å². The SMILES string of the molecule is C=C/C(=C\N)CC. The van der Waals surface area contributed by atoms with Gasteiger partial charge in [-0.25, -0.2) is 0 Å². The molecule has 0 rings (SSSR count). The summed E-state index contributed by atoms with van der Waals surface area (Å²) in [5, 5.41) is 0. The fourth-order valence-corrected chi connectivity index (χ4v) is 0.330. The van der Waals surface area contributed by atoms with Gasteiger partial charge >= 0.3 is 0 Å². The molecule has 1 nitrogen and oxygen atoms in total. The molecular formula is C6H11N. The molecule has 0 spiro atoms. The van der Waals surface area contributed by atoms with Crippen LogP contribution in [0.3, 0.4) is 0 Å². The molecule has 2 N–H and O–H groups in total. The van der Waals surface area contributed by atoms with Crippen LogP contribution in [-0.2, 0) is 0 Å². The smallest absolute Gasteiger partial charge is 0.00300 e. The number of nitrogens with two attached hydrogens (primary N) is 1. The summed E-state index contributed by atoms with van der Waals surface area (Å²) in [5.41, 5.74) is 6.26. The zero-order chi connectivity index (χ0) is 5.70. The first-order valence-corrected chi connectivity index (χ1v) is 2.38. The van der Waals surface area contributed by atoms with Crippen LogP contribution in [0.1, 0.15) is 13.3 Å². The maximum absolute atomic E-state index is 5.16. The van der Waals surface area contributed by atoms with Crippen molar-refractivity contribution in [3.8, 4) is 0 Å². The van der Waals surface area contributed by atoms with Gasteiger partial charge in [0, 0.05) is 0 Å². The highest BCUT2D eigenvalue weighted by Crippen LogP contribution is 1.95. The molecule has 0 aromatic carbocycles. The van der Waals surface area contributed by atoms with Crippen molar-refractivity contribution in [1.82, 2.24) is 0 Å². The van der Waals surface area contributed by atoms with Crippen molar-refractivity contribution in [2.75, 3.05) is 0 Å². The summed E-state index contributed by atoms with van der Waals surface area (Å²) in [5.74, 6) is 0. The van der Waals surface area contributed by atoms with Crippen LogP contribution in [0.5, 0.6) is 0 Å². The molecule has 0 aromatic rings. The van der Waals surface area contributed by atoms with Crippen LogP contribution in [0.2, 0.25) is 0 Å². The molecule has 0 bridgehead atoms. The topological polar surface area (TPSA) is 26.0 Å². The van der Waals surface area contributed by atoms with Gasteiger partial charge in [0.15, 0.2) is 0 Å². The van der Waals surface area contributed by atoms with Gasteiger partial charge in [0.25, 0.3) is 0 Å². The van der Waals surface area contributed by atoms with E-state index in [4.69, 9.17) is 5.73 Å². The van der Waals surface area contributed by atoms with E-state index in [1.807, 2.05) is 6.92 Å². The van der Waals surface area contributed by atoms with Gasteiger partial charge in [0.05, 0.1) is 0 Å². The van der Waals surface area contributed by atoms with Gasteiger partial charge in [0.1, 0.15) is 0 Å². The number of hydrogen-bond donors (Lipinski definition) is 1. The molecule has 0 unspecified atom stereocenters. The van der Waals surface area contributed by atoms with Crippen LogP contribution in [0.25, 0.3) is 0 Å². The van der Waals surface area contributed by atoms with E-state index in [-0.39, 0.29) is 0 Å². The monoisotopic (exact) mass is 97.1 g/mol. The van der Waals surface area contributed by atoms with Crippen molar-refractivity contribution < 1.29 is 0 Å². The summed E-state index contributed by atoms with van der Waals surface area (Å²) in [6, 6.07) is 0. The Morgan fingerprint density at radius 2 is 2.43 bits per heavy atom. The molecule has 0 saturated heterocycles. The molecule has 0 aliphatic rings. The van der Waals surface area contributed by atoms with Crippen LogP contribution in [0, 0.1) is 0 Å². The molecule has 0 heterocycles. The fourth-order valence-electron chi connectivity index (χ4n) is 0.330. The Bertz CT molecular complexity index is 82.2. The van der Waals surface area contributed by atoms with Gasteiger partial charge in [-0.2, -0.15) is 0 Å². The van der Waals surface area contributed by atoms with Crippen molar-refractivity contribution in [1.29, 1.82) is 0 Å². The summed E-state index contributed by atoms with van der Waals surface area (Å²) in [7, 11) is 0.